The average molecular weight is 227 g/mol. The van der Waals surface area contributed by atoms with Gasteiger partial charge in [0.15, 0.2) is 0 Å². The molecule has 1 unspecified atom stereocenters. The number of aliphatic imine (C=N–C) groups is 1. The fourth-order valence-corrected chi connectivity index (χ4v) is 1.77. The highest BCUT2D eigenvalue weighted by Crippen LogP contribution is 2.22. The predicted octanol–water partition coefficient (Wildman–Crippen LogP) is 1.07. The van der Waals surface area contributed by atoms with Crippen molar-refractivity contribution in [2.45, 2.75) is 6.04 Å². The van der Waals surface area contributed by atoms with Crippen molar-refractivity contribution in [1.82, 2.24) is 4.90 Å². The van der Waals surface area contributed by atoms with Crippen LogP contribution in [-0.2, 0) is 4.79 Å². The summed E-state index contributed by atoms with van der Waals surface area (Å²) < 4.78 is 0.939. The van der Waals surface area contributed by atoms with Gasteiger partial charge in [-0.1, -0.05) is 0 Å². The van der Waals surface area contributed by atoms with E-state index in [1.54, 1.807) is 0 Å². The molecule has 0 aliphatic carbocycles. The number of halogens is 1. The maximum absolute atomic E-state index is 10.6. The Morgan fingerprint density at radius 2 is 2.58 bits per heavy atom. The van der Waals surface area contributed by atoms with Crippen LogP contribution in [0.5, 0.6) is 0 Å². The van der Waals surface area contributed by atoms with Crippen molar-refractivity contribution < 1.29 is 4.79 Å². The van der Waals surface area contributed by atoms with Crippen molar-refractivity contribution in [3.05, 3.63) is 22.8 Å². The van der Waals surface area contributed by atoms with Gasteiger partial charge in [-0.15, -0.1) is 0 Å². The lowest BCUT2D eigenvalue weighted by Crippen LogP contribution is -2.34. The Hall–Kier alpha value is -0.900. The van der Waals surface area contributed by atoms with Crippen LogP contribution in [0, 0.1) is 0 Å². The largest absolute Gasteiger partial charge is 0.320 e. The van der Waals surface area contributed by atoms with Gasteiger partial charge in [0, 0.05) is 6.20 Å². The number of hydrogen-bond acceptors (Lipinski definition) is 3. The van der Waals surface area contributed by atoms with Gasteiger partial charge in [-0.25, -0.2) is 0 Å². The zero-order valence-corrected chi connectivity index (χ0v) is 7.86. The maximum Gasteiger partial charge on any atom is 0.144 e. The molecule has 2 aliphatic rings. The van der Waals surface area contributed by atoms with Crippen LogP contribution in [0.3, 0.4) is 0 Å². The molecule has 12 heavy (non-hydrogen) atoms. The quantitative estimate of drug-likeness (QED) is 0.628. The zero-order valence-electron chi connectivity index (χ0n) is 6.27. The molecule has 0 bridgehead atoms. The summed E-state index contributed by atoms with van der Waals surface area (Å²) in [5.41, 5.74) is 0. The van der Waals surface area contributed by atoms with E-state index in [9.17, 15) is 4.79 Å². The van der Waals surface area contributed by atoms with Crippen LogP contribution < -0.4 is 0 Å². The standard InChI is InChI=1S/C8H7BrN2O/c9-7-2-1-3-11-6(5-12)4-10-8(7)11/h1-3,5-6H,4H2. The predicted molar refractivity (Wildman–Crippen MR) is 50.1 cm³/mol. The highest BCUT2D eigenvalue weighted by atomic mass is 79.9. The molecule has 4 heteroatoms. The van der Waals surface area contributed by atoms with Crippen LogP contribution in [0.2, 0.25) is 0 Å². The van der Waals surface area contributed by atoms with E-state index < -0.39 is 0 Å². The molecule has 0 aromatic carbocycles. The van der Waals surface area contributed by atoms with Gasteiger partial charge < -0.3 is 9.69 Å². The van der Waals surface area contributed by atoms with Crippen LogP contribution in [0.1, 0.15) is 0 Å². The fraction of sp³-hybridized carbons (Fsp3) is 0.250. The second kappa shape index (κ2) is 2.86. The Balaban J connectivity index is 2.32. The Morgan fingerprint density at radius 1 is 1.75 bits per heavy atom. The molecule has 2 aliphatic heterocycles. The number of carbonyl (C=O) groups is 1. The van der Waals surface area contributed by atoms with Gasteiger partial charge in [-0.3, -0.25) is 4.99 Å². The molecule has 0 N–H and O–H groups in total. The van der Waals surface area contributed by atoms with E-state index >= 15 is 0 Å². The van der Waals surface area contributed by atoms with Gasteiger partial charge in [0.05, 0.1) is 11.0 Å². The fourth-order valence-electron chi connectivity index (χ4n) is 1.29. The molecular weight excluding hydrogens is 220 g/mol. The second-order valence-electron chi connectivity index (χ2n) is 2.63. The maximum atomic E-state index is 10.6. The third kappa shape index (κ3) is 1.03. The van der Waals surface area contributed by atoms with E-state index in [4.69, 9.17) is 0 Å². The molecular formula is C8H7BrN2O. The molecule has 0 spiro atoms. The molecule has 0 amide bonds. The third-order valence-corrected chi connectivity index (χ3v) is 2.51. The lowest BCUT2D eigenvalue weighted by molar-refractivity contribution is -0.110. The van der Waals surface area contributed by atoms with Gasteiger partial charge in [0.1, 0.15) is 18.2 Å². The van der Waals surface area contributed by atoms with E-state index in [1.807, 2.05) is 23.3 Å². The first-order valence-electron chi connectivity index (χ1n) is 3.65. The first-order valence-corrected chi connectivity index (χ1v) is 4.44. The summed E-state index contributed by atoms with van der Waals surface area (Å²) in [5.74, 6) is 0.856. The number of amidine groups is 1. The summed E-state index contributed by atoms with van der Waals surface area (Å²) in [6.07, 6.45) is 6.61. The van der Waals surface area contributed by atoms with Crippen molar-refractivity contribution in [1.29, 1.82) is 0 Å². The minimum absolute atomic E-state index is 0.113. The molecule has 0 saturated heterocycles. The number of aldehydes is 1. The van der Waals surface area contributed by atoms with Crippen LogP contribution in [-0.4, -0.2) is 29.6 Å². The number of hydrogen-bond donors (Lipinski definition) is 0. The molecule has 2 heterocycles. The third-order valence-electron chi connectivity index (χ3n) is 1.89. The summed E-state index contributed by atoms with van der Waals surface area (Å²) in [7, 11) is 0. The van der Waals surface area contributed by atoms with Crippen molar-refractivity contribution in [2.24, 2.45) is 4.99 Å². The average Bonchev–Trinajstić information content (AvgIpc) is 2.49. The normalized spacial score (nSPS) is 26.4. The second-order valence-corrected chi connectivity index (χ2v) is 3.49. The summed E-state index contributed by atoms with van der Waals surface area (Å²) in [4.78, 5) is 16.7. The Labute approximate surface area is 78.6 Å². The van der Waals surface area contributed by atoms with E-state index in [0.29, 0.717) is 6.54 Å². The number of rotatable bonds is 1. The van der Waals surface area contributed by atoms with E-state index in [1.165, 1.54) is 0 Å². The summed E-state index contributed by atoms with van der Waals surface area (Å²) >= 11 is 3.37. The molecule has 2 rings (SSSR count). The van der Waals surface area contributed by atoms with E-state index in [-0.39, 0.29) is 6.04 Å². The zero-order chi connectivity index (χ0) is 8.55. The Kier molecular flexibility index (Phi) is 1.84. The minimum Gasteiger partial charge on any atom is -0.320 e. The molecule has 62 valence electrons. The molecule has 0 aromatic rings. The number of nitrogens with zero attached hydrogens (tertiary/aromatic N) is 2. The van der Waals surface area contributed by atoms with Gasteiger partial charge in [0.25, 0.3) is 0 Å². The van der Waals surface area contributed by atoms with Crippen molar-refractivity contribution in [3.8, 4) is 0 Å². The van der Waals surface area contributed by atoms with E-state index in [2.05, 4.69) is 20.9 Å². The first kappa shape index (κ1) is 7.73. The molecule has 0 fully saturated rings. The number of fused-ring (bicyclic) bond motifs is 1. The van der Waals surface area contributed by atoms with Gasteiger partial charge >= 0.3 is 0 Å². The molecule has 0 aromatic heterocycles. The highest BCUT2D eigenvalue weighted by Gasteiger charge is 2.27. The summed E-state index contributed by atoms with van der Waals surface area (Å²) in [6, 6.07) is -0.113. The monoisotopic (exact) mass is 226 g/mol. The molecule has 3 nitrogen and oxygen atoms in total. The van der Waals surface area contributed by atoms with Crippen LogP contribution in [0.15, 0.2) is 27.8 Å². The van der Waals surface area contributed by atoms with Crippen molar-refractivity contribution in [2.75, 3.05) is 6.54 Å². The Morgan fingerprint density at radius 3 is 3.33 bits per heavy atom. The molecule has 0 saturated carbocycles. The SMILES string of the molecule is O=CC1CN=C2C(Br)=CC=CN21. The van der Waals surface area contributed by atoms with Crippen LogP contribution in [0.4, 0.5) is 0 Å². The van der Waals surface area contributed by atoms with Crippen LogP contribution >= 0.6 is 15.9 Å². The topological polar surface area (TPSA) is 32.7 Å². The van der Waals surface area contributed by atoms with Gasteiger partial charge in [0.2, 0.25) is 0 Å². The van der Waals surface area contributed by atoms with Crippen LogP contribution in [0.25, 0.3) is 0 Å². The van der Waals surface area contributed by atoms with Gasteiger partial charge in [-0.05, 0) is 28.1 Å². The Bertz CT molecular complexity index is 306. The van der Waals surface area contributed by atoms with Crippen molar-refractivity contribution in [3.63, 3.8) is 0 Å². The first-order chi connectivity index (χ1) is 5.83. The number of allylic oxidation sites excluding steroid dienone is 2. The number of carbonyl (C=O) groups excluding carboxylic acids is 1. The van der Waals surface area contributed by atoms with Gasteiger partial charge in [-0.2, -0.15) is 0 Å². The van der Waals surface area contributed by atoms with E-state index in [0.717, 1.165) is 16.6 Å². The smallest absolute Gasteiger partial charge is 0.144 e. The summed E-state index contributed by atoms with van der Waals surface area (Å²) in [5, 5.41) is 0. The summed E-state index contributed by atoms with van der Waals surface area (Å²) in [6.45, 7) is 0.562. The van der Waals surface area contributed by atoms with Crippen molar-refractivity contribution >= 4 is 28.1 Å². The lowest BCUT2D eigenvalue weighted by atomic mass is 10.2. The molecule has 0 radical (unpaired) electrons. The minimum atomic E-state index is -0.113. The molecule has 1 atom stereocenters. The lowest BCUT2D eigenvalue weighted by Gasteiger charge is -2.21. The highest BCUT2D eigenvalue weighted by molar-refractivity contribution is 9.12.